The first-order valence-electron chi connectivity index (χ1n) is 5.36. The van der Waals surface area contributed by atoms with Crippen LogP contribution < -0.4 is 5.32 Å². The van der Waals surface area contributed by atoms with Gasteiger partial charge in [0.2, 0.25) is 5.91 Å². The van der Waals surface area contributed by atoms with Crippen LogP contribution in [0.1, 0.15) is 6.92 Å². The number of nitrogens with one attached hydrogen (secondary N) is 1. The summed E-state index contributed by atoms with van der Waals surface area (Å²) < 4.78 is 1.46. The Hall–Kier alpha value is -2.44. The number of amides is 1. The van der Waals surface area contributed by atoms with Crippen LogP contribution in [0.4, 0.5) is 0 Å². The van der Waals surface area contributed by atoms with Crippen molar-refractivity contribution in [1.82, 2.24) is 20.3 Å². The molecule has 1 aromatic heterocycles. The van der Waals surface area contributed by atoms with E-state index in [1.165, 1.54) is 11.6 Å². The second kappa shape index (κ2) is 4.82. The molecule has 0 bridgehead atoms. The second-order valence-corrected chi connectivity index (χ2v) is 3.85. The quantitative estimate of drug-likeness (QED) is 0.795. The topological polar surface area (TPSA) is 97.1 Å². The number of benzene rings is 1. The average molecular weight is 248 g/mol. The highest BCUT2D eigenvalue weighted by atomic mass is 16.4. The van der Waals surface area contributed by atoms with Gasteiger partial charge in [0.05, 0.1) is 12.1 Å². The number of fused-ring (bicyclic) bond motifs is 1. The van der Waals surface area contributed by atoms with E-state index in [9.17, 15) is 9.59 Å². The average Bonchev–Trinajstić information content (AvgIpc) is 2.71. The largest absolute Gasteiger partial charge is 0.480 e. The Morgan fingerprint density at radius 1 is 1.44 bits per heavy atom. The third-order valence-corrected chi connectivity index (χ3v) is 2.45. The molecule has 0 radical (unpaired) electrons. The van der Waals surface area contributed by atoms with Gasteiger partial charge >= 0.3 is 5.97 Å². The van der Waals surface area contributed by atoms with E-state index in [-0.39, 0.29) is 6.54 Å². The zero-order valence-corrected chi connectivity index (χ0v) is 9.70. The fourth-order valence-electron chi connectivity index (χ4n) is 1.66. The highest BCUT2D eigenvalue weighted by Crippen LogP contribution is 2.10. The van der Waals surface area contributed by atoms with E-state index in [1.54, 1.807) is 12.1 Å². The van der Waals surface area contributed by atoms with Crippen molar-refractivity contribution in [2.24, 2.45) is 0 Å². The van der Waals surface area contributed by atoms with Crippen LogP contribution in [-0.2, 0) is 16.1 Å². The number of hydrogen-bond donors (Lipinski definition) is 2. The Labute approximate surface area is 102 Å². The van der Waals surface area contributed by atoms with Crippen LogP contribution in [-0.4, -0.2) is 38.0 Å². The molecule has 7 heteroatoms. The van der Waals surface area contributed by atoms with Crippen LogP contribution in [0.3, 0.4) is 0 Å². The summed E-state index contributed by atoms with van der Waals surface area (Å²) in [4.78, 5) is 22.0. The molecule has 0 unspecified atom stereocenters. The standard InChI is InChI=1S/C11H12N4O3/c1-7(16)12-9(11(17)18)6-15-10-5-3-2-4-8(10)13-14-15/h2-5,9H,6H2,1H3,(H,12,16)(H,17,18)/t9-/m0/s1. The van der Waals surface area contributed by atoms with Crippen LogP contribution in [0.15, 0.2) is 24.3 Å². The zero-order chi connectivity index (χ0) is 13.1. The van der Waals surface area contributed by atoms with Gasteiger partial charge in [0.25, 0.3) is 0 Å². The van der Waals surface area contributed by atoms with E-state index >= 15 is 0 Å². The van der Waals surface area contributed by atoms with Crippen LogP contribution >= 0.6 is 0 Å². The van der Waals surface area contributed by atoms with Crippen LogP contribution in [0.25, 0.3) is 11.0 Å². The smallest absolute Gasteiger partial charge is 0.328 e. The molecule has 18 heavy (non-hydrogen) atoms. The summed E-state index contributed by atoms with van der Waals surface area (Å²) in [6, 6.07) is 6.20. The summed E-state index contributed by atoms with van der Waals surface area (Å²) >= 11 is 0. The van der Waals surface area contributed by atoms with Gasteiger partial charge in [0, 0.05) is 6.92 Å². The van der Waals surface area contributed by atoms with Gasteiger partial charge in [-0.3, -0.25) is 4.79 Å². The van der Waals surface area contributed by atoms with Crippen molar-refractivity contribution in [3.8, 4) is 0 Å². The van der Waals surface area contributed by atoms with Crippen molar-refractivity contribution in [2.45, 2.75) is 19.5 Å². The molecule has 2 N–H and O–H groups in total. The molecule has 2 aromatic rings. The monoisotopic (exact) mass is 248 g/mol. The van der Waals surface area contributed by atoms with Crippen LogP contribution in [0, 0.1) is 0 Å². The van der Waals surface area contributed by atoms with Crippen molar-refractivity contribution in [3.05, 3.63) is 24.3 Å². The molecule has 1 atom stereocenters. The lowest BCUT2D eigenvalue weighted by Gasteiger charge is -2.13. The number of carbonyl (C=O) groups excluding carboxylic acids is 1. The summed E-state index contributed by atoms with van der Waals surface area (Å²) in [7, 11) is 0. The van der Waals surface area contributed by atoms with E-state index in [1.807, 2.05) is 12.1 Å². The van der Waals surface area contributed by atoms with Crippen molar-refractivity contribution >= 4 is 22.9 Å². The van der Waals surface area contributed by atoms with Crippen molar-refractivity contribution < 1.29 is 14.7 Å². The molecule has 2 rings (SSSR count). The van der Waals surface area contributed by atoms with Gasteiger partial charge in [-0.05, 0) is 12.1 Å². The minimum absolute atomic E-state index is 0.0371. The lowest BCUT2D eigenvalue weighted by molar-refractivity contribution is -0.142. The van der Waals surface area contributed by atoms with Crippen LogP contribution in [0.5, 0.6) is 0 Å². The molecule has 7 nitrogen and oxygen atoms in total. The van der Waals surface area contributed by atoms with E-state index in [0.717, 1.165) is 5.52 Å². The first-order valence-corrected chi connectivity index (χ1v) is 5.36. The number of carboxylic acids is 1. The molecule has 0 aliphatic rings. The Bertz CT molecular complexity index is 593. The number of aliphatic carboxylic acids is 1. The minimum Gasteiger partial charge on any atom is -0.480 e. The Morgan fingerprint density at radius 2 is 2.17 bits per heavy atom. The van der Waals surface area contributed by atoms with E-state index in [0.29, 0.717) is 5.52 Å². The van der Waals surface area contributed by atoms with Gasteiger partial charge in [-0.25, -0.2) is 9.48 Å². The summed E-state index contributed by atoms with van der Waals surface area (Å²) in [5.41, 5.74) is 1.42. The molecule has 0 saturated heterocycles. The molecule has 1 heterocycles. The molecule has 94 valence electrons. The molecule has 1 amide bonds. The number of nitrogens with zero attached hydrogens (tertiary/aromatic N) is 3. The maximum absolute atomic E-state index is 11.0. The third-order valence-electron chi connectivity index (χ3n) is 2.45. The molecule has 0 saturated carbocycles. The van der Waals surface area contributed by atoms with Crippen LogP contribution in [0.2, 0.25) is 0 Å². The predicted octanol–water partition coefficient (Wildman–Crippen LogP) is 0.0206. The maximum atomic E-state index is 11.0. The maximum Gasteiger partial charge on any atom is 0.328 e. The molecule has 0 aliphatic carbocycles. The van der Waals surface area contributed by atoms with Crippen molar-refractivity contribution in [2.75, 3.05) is 0 Å². The molecular weight excluding hydrogens is 236 g/mol. The van der Waals surface area contributed by atoms with E-state index in [4.69, 9.17) is 5.11 Å². The number of para-hydroxylation sites is 1. The van der Waals surface area contributed by atoms with E-state index < -0.39 is 17.9 Å². The zero-order valence-electron chi connectivity index (χ0n) is 9.70. The summed E-state index contributed by atoms with van der Waals surface area (Å²) in [6.45, 7) is 1.31. The number of hydrogen-bond acceptors (Lipinski definition) is 4. The summed E-state index contributed by atoms with van der Waals surface area (Å²) in [6.07, 6.45) is 0. The van der Waals surface area contributed by atoms with Gasteiger partial charge < -0.3 is 10.4 Å². The molecule has 0 aliphatic heterocycles. The SMILES string of the molecule is CC(=O)N[C@@H](Cn1nnc2ccccc21)C(=O)O. The van der Waals surface area contributed by atoms with Gasteiger partial charge in [0.15, 0.2) is 0 Å². The molecule has 0 fully saturated rings. The Morgan fingerprint density at radius 3 is 2.83 bits per heavy atom. The minimum atomic E-state index is -1.11. The number of aromatic nitrogens is 3. The van der Waals surface area contributed by atoms with Gasteiger partial charge in [-0.2, -0.15) is 0 Å². The number of rotatable bonds is 4. The lowest BCUT2D eigenvalue weighted by Crippen LogP contribution is -2.42. The lowest BCUT2D eigenvalue weighted by atomic mass is 10.2. The first-order chi connectivity index (χ1) is 8.58. The van der Waals surface area contributed by atoms with E-state index in [2.05, 4.69) is 15.6 Å². The van der Waals surface area contributed by atoms with Crippen molar-refractivity contribution in [3.63, 3.8) is 0 Å². The summed E-state index contributed by atoms with van der Waals surface area (Å²) in [5.74, 6) is -1.50. The highest BCUT2D eigenvalue weighted by molar-refractivity contribution is 5.82. The number of carbonyl (C=O) groups is 2. The fourth-order valence-corrected chi connectivity index (χ4v) is 1.66. The molecular formula is C11H12N4O3. The number of carboxylic acid groups (broad SMARTS) is 1. The predicted molar refractivity (Wildman–Crippen MR) is 62.8 cm³/mol. The van der Waals surface area contributed by atoms with Gasteiger partial charge in [-0.1, -0.05) is 17.3 Å². The molecule has 1 aromatic carbocycles. The fraction of sp³-hybridized carbons (Fsp3) is 0.273. The Balaban J connectivity index is 2.26. The summed E-state index contributed by atoms with van der Waals surface area (Å²) in [5, 5.41) is 19.2. The normalized spacial score (nSPS) is 12.3. The highest BCUT2D eigenvalue weighted by Gasteiger charge is 2.20. The molecule has 0 spiro atoms. The first kappa shape index (κ1) is 12.0. The Kier molecular flexibility index (Phi) is 3.22. The second-order valence-electron chi connectivity index (χ2n) is 3.85. The van der Waals surface area contributed by atoms with Gasteiger partial charge in [0.1, 0.15) is 11.6 Å². The van der Waals surface area contributed by atoms with Gasteiger partial charge in [-0.15, -0.1) is 5.10 Å². The van der Waals surface area contributed by atoms with Crippen molar-refractivity contribution in [1.29, 1.82) is 0 Å². The third kappa shape index (κ3) is 2.45.